The Balaban J connectivity index is 2.05. The molecule has 0 bridgehead atoms. The highest BCUT2D eigenvalue weighted by molar-refractivity contribution is 7.89. The monoisotopic (exact) mass is 499 g/mol. The van der Waals surface area contributed by atoms with Crippen molar-refractivity contribution in [1.82, 2.24) is 13.9 Å². The van der Waals surface area contributed by atoms with Crippen LogP contribution in [0, 0.1) is 6.92 Å². The number of H-pyrrole nitrogens is 1. The van der Waals surface area contributed by atoms with E-state index in [-0.39, 0.29) is 41.6 Å². The predicted octanol–water partition coefficient (Wildman–Crippen LogP) is 1.78. The van der Waals surface area contributed by atoms with Gasteiger partial charge in [0.25, 0.3) is 11.5 Å². The standard InChI is InChI=1S/C24H29N5O5S/c1-5-28(6-2)35(33,34)19-14-18(13-12-16(19)3)23(31)27(4)20-21(25)29(24(32)26-22(20)30)15-17-10-8-7-9-11-17/h7-14H,5-6,15,25H2,1-4H3,(H,26,30,32). The van der Waals surface area contributed by atoms with Crippen LogP contribution in [0.5, 0.6) is 0 Å². The predicted molar refractivity (Wildman–Crippen MR) is 135 cm³/mol. The van der Waals surface area contributed by atoms with Crippen LogP contribution in [-0.4, -0.2) is 48.3 Å². The van der Waals surface area contributed by atoms with Crippen LogP contribution in [0.25, 0.3) is 0 Å². The molecule has 0 radical (unpaired) electrons. The average molecular weight is 500 g/mol. The average Bonchev–Trinajstić information content (AvgIpc) is 2.82. The highest BCUT2D eigenvalue weighted by atomic mass is 32.2. The maximum absolute atomic E-state index is 13.3. The molecule has 0 saturated heterocycles. The topological polar surface area (TPSA) is 139 Å². The number of aromatic nitrogens is 2. The van der Waals surface area contributed by atoms with E-state index in [9.17, 15) is 22.8 Å². The van der Waals surface area contributed by atoms with Gasteiger partial charge in [-0.05, 0) is 30.2 Å². The van der Waals surface area contributed by atoms with E-state index in [2.05, 4.69) is 4.98 Å². The van der Waals surface area contributed by atoms with Crippen molar-refractivity contribution in [1.29, 1.82) is 0 Å². The zero-order valence-corrected chi connectivity index (χ0v) is 20.9. The van der Waals surface area contributed by atoms with E-state index in [1.165, 1.54) is 28.1 Å². The fraction of sp³-hybridized carbons (Fsp3) is 0.292. The molecule has 0 atom stereocenters. The van der Waals surface area contributed by atoms with Crippen molar-refractivity contribution in [3.05, 3.63) is 86.1 Å². The second-order valence-electron chi connectivity index (χ2n) is 8.00. The molecule has 0 spiro atoms. The second kappa shape index (κ2) is 10.3. The molecule has 1 heterocycles. The van der Waals surface area contributed by atoms with Gasteiger partial charge in [0.05, 0.1) is 11.4 Å². The molecule has 1 amide bonds. The lowest BCUT2D eigenvalue weighted by atomic mass is 10.1. The molecule has 0 unspecified atom stereocenters. The summed E-state index contributed by atoms with van der Waals surface area (Å²) in [6.45, 7) is 5.78. The van der Waals surface area contributed by atoms with E-state index in [1.807, 2.05) is 6.07 Å². The lowest BCUT2D eigenvalue weighted by Crippen LogP contribution is -2.39. The second-order valence-corrected chi connectivity index (χ2v) is 9.90. The number of anilines is 2. The van der Waals surface area contributed by atoms with Crippen molar-refractivity contribution in [3.63, 3.8) is 0 Å². The molecule has 186 valence electrons. The van der Waals surface area contributed by atoms with E-state index in [4.69, 9.17) is 5.73 Å². The first-order valence-electron chi connectivity index (χ1n) is 11.1. The lowest BCUT2D eigenvalue weighted by molar-refractivity contribution is 0.0992. The molecule has 35 heavy (non-hydrogen) atoms. The van der Waals surface area contributed by atoms with Crippen LogP contribution < -0.4 is 21.9 Å². The summed E-state index contributed by atoms with van der Waals surface area (Å²) in [6, 6.07) is 13.4. The number of aromatic amines is 1. The Morgan fingerprint density at radius 1 is 1.06 bits per heavy atom. The summed E-state index contributed by atoms with van der Waals surface area (Å²) in [4.78, 5) is 41.7. The molecule has 3 N–H and O–H groups in total. The Labute approximate surface area is 203 Å². The molecule has 3 rings (SSSR count). The van der Waals surface area contributed by atoms with E-state index >= 15 is 0 Å². The first-order chi connectivity index (χ1) is 16.5. The molecule has 0 fully saturated rings. The van der Waals surface area contributed by atoms with Gasteiger partial charge < -0.3 is 10.6 Å². The Kier molecular flexibility index (Phi) is 7.61. The minimum atomic E-state index is -3.82. The number of carbonyl (C=O) groups excluding carboxylic acids is 1. The maximum atomic E-state index is 13.3. The Morgan fingerprint density at radius 2 is 1.69 bits per heavy atom. The van der Waals surface area contributed by atoms with Crippen molar-refractivity contribution in [2.75, 3.05) is 30.8 Å². The third-order valence-electron chi connectivity index (χ3n) is 5.80. The summed E-state index contributed by atoms with van der Waals surface area (Å²) in [5, 5.41) is 0. The van der Waals surface area contributed by atoms with Gasteiger partial charge in [0.2, 0.25) is 10.0 Å². The maximum Gasteiger partial charge on any atom is 0.330 e. The number of nitrogens with one attached hydrogen (secondary N) is 1. The van der Waals surface area contributed by atoms with Gasteiger partial charge in [-0.1, -0.05) is 50.2 Å². The fourth-order valence-corrected chi connectivity index (χ4v) is 5.54. The lowest BCUT2D eigenvalue weighted by Gasteiger charge is -2.22. The molecule has 0 aliphatic carbocycles. The molecule has 11 heteroatoms. The molecule has 0 saturated carbocycles. The molecule has 0 aliphatic rings. The van der Waals surface area contributed by atoms with Crippen molar-refractivity contribution in [2.24, 2.45) is 0 Å². The summed E-state index contributed by atoms with van der Waals surface area (Å²) >= 11 is 0. The smallest absolute Gasteiger partial charge is 0.330 e. The SMILES string of the molecule is CCN(CC)S(=O)(=O)c1cc(C(=O)N(C)c2c(N)n(Cc3ccccc3)c(=O)[nH]c2=O)ccc1C. The van der Waals surface area contributed by atoms with Gasteiger partial charge in [-0.2, -0.15) is 4.31 Å². The summed E-state index contributed by atoms with van der Waals surface area (Å²) in [7, 11) is -2.47. The van der Waals surface area contributed by atoms with Crippen LogP contribution in [0.15, 0.2) is 63.0 Å². The Hall–Kier alpha value is -3.70. The number of hydrogen-bond acceptors (Lipinski definition) is 6. The Morgan fingerprint density at radius 3 is 2.29 bits per heavy atom. The third-order valence-corrected chi connectivity index (χ3v) is 7.99. The van der Waals surface area contributed by atoms with Crippen molar-refractivity contribution < 1.29 is 13.2 Å². The minimum Gasteiger partial charge on any atom is -0.383 e. The van der Waals surface area contributed by atoms with Crippen LogP contribution in [0.2, 0.25) is 0 Å². The van der Waals surface area contributed by atoms with Crippen LogP contribution in [0.1, 0.15) is 35.3 Å². The molecule has 2 aromatic carbocycles. The number of hydrogen-bond donors (Lipinski definition) is 2. The summed E-state index contributed by atoms with van der Waals surface area (Å²) < 4.78 is 28.6. The zero-order chi connectivity index (χ0) is 25.9. The van der Waals surface area contributed by atoms with Crippen molar-refractivity contribution >= 4 is 27.4 Å². The van der Waals surface area contributed by atoms with Crippen molar-refractivity contribution in [3.8, 4) is 0 Å². The number of sulfonamides is 1. The number of rotatable bonds is 8. The largest absolute Gasteiger partial charge is 0.383 e. The number of benzene rings is 2. The van der Waals surface area contributed by atoms with E-state index in [0.29, 0.717) is 5.56 Å². The first-order valence-corrected chi connectivity index (χ1v) is 12.5. The van der Waals surface area contributed by atoms with Gasteiger partial charge in [0, 0.05) is 25.7 Å². The van der Waals surface area contributed by atoms with Crippen LogP contribution >= 0.6 is 0 Å². The van der Waals surface area contributed by atoms with Crippen LogP contribution in [-0.2, 0) is 16.6 Å². The number of amides is 1. The van der Waals surface area contributed by atoms with Crippen LogP contribution in [0.4, 0.5) is 11.5 Å². The van der Waals surface area contributed by atoms with Crippen molar-refractivity contribution in [2.45, 2.75) is 32.2 Å². The normalized spacial score (nSPS) is 11.6. The van der Waals surface area contributed by atoms with Gasteiger partial charge in [0.1, 0.15) is 5.82 Å². The highest BCUT2D eigenvalue weighted by Gasteiger charge is 2.27. The summed E-state index contributed by atoms with van der Waals surface area (Å²) in [5.41, 5.74) is 5.78. The molecule has 10 nitrogen and oxygen atoms in total. The highest BCUT2D eigenvalue weighted by Crippen LogP contribution is 2.24. The fourth-order valence-electron chi connectivity index (χ4n) is 3.83. The number of nitrogens with zero attached hydrogens (tertiary/aromatic N) is 3. The molecule has 0 aliphatic heterocycles. The quantitative estimate of drug-likeness (QED) is 0.484. The van der Waals surface area contributed by atoms with Gasteiger partial charge in [-0.3, -0.25) is 19.1 Å². The molecule has 3 aromatic rings. The molecular formula is C24H29N5O5S. The number of carbonyl (C=O) groups is 1. The molecular weight excluding hydrogens is 470 g/mol. The summed E-state index contributed by atoms with van der Waals surface area (Å²) in [6.07, 6.45) is 0. The minimum absolute atomic E-state index is 0.0105. The van der Waals surface area contributed by atoms with Crippen LogP contribution in [0.3, 0.4) is 0 Å². The number of aryl methyl sites for hydroxylation is 1. The van der Waals surface area contributed by atoms with Gasteiger partial charge in [-0.15, -0.1) is 0 Å². The zero-order valence-electron chi connectivity index (χ0n) is 20.1. The van der Waals surface area contributed by atoms with Gasteiger partial charge in [-0.25, -0.2) is 13.2 Å². The summed E-state index contributed by atoms with van der Waals surface area (Å²) in [5.74, 6) is -0.829. The van der Waals surface area contributed by atoms with E-state index < -0.39 is 27.2 Å². The number of nitrogen functional groups attached to an aromatic ring is 1. The van der Waals surface area contributed by atoms with E-state index in [1.54, 1.807) is 51.1 Å². The van der Waals surface area contributed by atoms with E-state index in [0.717, 1.165) is 10.5 Å². The third kappa shape index (κ3) is 5.05. The molecule has 1 aromatic heterocycles. The number of nitrogens with two attached hydrogens (primary N) is 1. The van der Waals surface area contributed by atoms with Gasteiger partial charge in [0.15, 0.2) is 5.69 Å². The first kappa shape index (κ1) is 25.9. The Bertz CT molecular complexity index is 1460. The van der Waals surface area contributed by atoms with Gasteiger partial charge >= 0.3 is 5.69 Å².